The molecule has 0 atom stereocenters. The number of carbonyl (C=O) groups is 2. The molecule has 152 valence electrons. The summed E-state index contributed by atoms with van der Waals surface area (Å²) >= 11 is 0. The highest BCUT2D eigenvalue weighted by atomic mass is 16.6. The summed E-state index contributed by atoms with van der Waals surface area (Å²) in [6.07, 6.45) is 8.38. The molecule has 0 heterocycles. The van der Waals surface area contributed by atoms with Crippen molar-refractivity contribution in [1.82, 2.24) is 0 Å². The van der Waals surface area contributed by atoms with E-state index < -0.39 is 17.4 Å². The number of esters is 2. The number of hydrogen-bond acceptors (Lipinski definition) is 4. The van der Waals surface area contributed by atoms with Gasteiger partial charge in [-0.15, -0.1) is 0 Å². The molecule has 0 bridgehead atoms. The molecule has 0 aliphatic carbocycles. The SMILES string of the molecule is CCCCCC(CCCCC)(C(=O)OCCCC)C(=O)Oc1ccccc1. The van der Waals surface area contributed by atoms with Crippen molar-refractivity contribution in [3.05, 3.63) is 30.3 Å². The quantitative estimate of drug-likeness (QED) is 0.171. The zero-order valence-corrected chi connectivity index (χ0v) is 17.3. The van der Waals surface area contributed by atoms with E-state index in [9.17, 15) is 9.59 Å². The molecule has 0 saturated heterocycles. The van der Waals surface area contributed by atoms with Gasteiger partial charge in [0.05, 0.1) is 6.61 Å². The molecule has 1 aromatic rings. The Kier molecular flexibility index (Phi) is 11.5. The minimum atomic E-state index is -1.20. The van der Waals surface area contributed by atoms with Crippen molar-refractivity contribution in [3.8, 4) is 5.75 Å². The van der Waals surface area contributed by atoms with Gasteiger partial charge in [0.2, 0.25) is 0 Å². The van der Waals surface area contributed by atoms with Crippen LogP contribution in [0, 0.1) is 5.41 Å². The van der Waals surface area contributed by atoms with E-state index in [1.807, 2.05) is 25.1 Å². The van der Waals surface area contributed by atoms with Crippen molar-refractivity contribution < 1.29 is 19.1 Å². The molecule has 0 aromatic heterocycles. The van der Waals surface area contributed by atoms with Gasteiger partial charge in [0.15, 0.2) is 5.41 Å². The molecule has 0 radical (unpaired) electrons. The summed E-state index contributed by atoms with van der Waals surface area (Å²) in [4.78, 5) is 26.2. The monoisotopic (exact) mass is 376 g/mol. The maximum absolute atomic E-state index is 13.2. The third-order valence-electron chi connectivity index (χ3n) is 4.88. The molecular weight excluding hydrogens is 340 g/mol. The Balaban J connectivity index is 3.04. The third-order valence-corrected chi connectivity index (χ3v) is 4.88. The zero-order valence-electron chi connectivity index (χ0n) is 17.3. The lowest BCUT2D eigenvalue weighted by Crippen LogP contribution is -2.43. The van der Waals surface area contributed by atoms with E-state index in [-0.39, 0.29) is 0 Å². The number of benzene rings is 1. The first kappa shape index (κ1) is 23.2. The van der Waals surface area contributed by atoms with Gasteiger partial charge in [0.25, 0.3) is 0 Å². The summed E-state index contributed by atoms with van der Waals surface area (Å²) in [5.41, 5.74) is -1.20. The summed E-state index contributed by atoms with van der Waals surface area (Å²) in [6.45, 7) is 6.63. The van der Waals surface area contributed by atoms with Gasteiger partial charge < -0.3 is 9.47 Å². The Labute approximate surface area is 164 Å². The number of ether oxygens (including phenoxy) is 2. The van der Waals surface area contributed by atoms with Gasteiger partial charge in [0, 0.05) is 0 Å². The van der Waals surface area contributed by atoms with E-state index in [0.717, 1.165) is 51.4 Å². The largest absolute Gasteiger partial charge is 0.465 e. The van der Waals surface area contributed by atoms with Crippen LogP contribution in [-0.2, 0) is 14.3 Å². The number of hydrogen-bond donors (Lipinski definition) is 0. The van der Waals surface area contributed by atoms with Crippen molar-refractivity contribution in [2.24, 2.45) is 5.41 Å². The summed E-state index contributed by atoms with van der Waals surface area (Å²) in [5.74, 6) is -0.411. The summed E-state index contributed by atoms with van der Waals surface area (Å²) in [5, 5.41) is 0. The average molecular weight is 377 g/mol. The van der Waals surface area contributed by atoms with Crippen LogP contribution >= 0.6 is 0 Å². The highest BCUT2D eigenvalue weighted by Gasteiger charge is 2.48. The standard InChI is InChI=1S/C23H36O4/c1-4-7-13-17-23(18-14-8-5-2,21(24)26-19-9-6-3)22(25)27-20-15-11-10-12-16-20/h10-12,15-16H,4-9,13-14,17-19H2,1-3H3. The number of rotatable bonds is 14. The van der Waals surface area contributed by atoms with Crippen LogP contribution in [-0.4, -0.2) is 18.5 Å². The van der Waals surface area contributed by atoms with E-state index in [1.165, 1.54) is 0 Å². The normalized spacial score (nSPS) is 11.2. The highest BCUT2D eigenvalue weighted by Crippen LogP contribution is 2.35. The average Bonchev–Trinajstić information content (AvgIpc) is 2.68. The number of unbranched alkanes of at least 4 members (excludes halogenated alkanes) is 5. The maximum atomic E-state index is 13.2. The molecule has 0 fully saturated rings. The zero-order chi connectivity index (χ0) is 20.0. The van der Waals surface area contributed by atoms with Crippen LogP contribution in [0.3, 0.4) is 0 Å². The second kappa shape index (κ2) is 13.3. The van der Waals surface area contributed by atoms with Crippen LogP contribution in [0.1, 0.15) is 85.0 Å². The highest BCUT2D eigenvalue weighted by molar-refractivity contribution is 6.00. The third kappa shape index (κ3) is 7.74. The van der Waals surface area contributed by atoms with Crippen LogP contribution in [0.5, 0.6) is 5.75 Å². The molecular formula is C23H36O4. The second-order valence-corrected chi connectivity index (χ2v) is 7.19. The topological polar surface area (TPSA) is 52.6 Å². The Hall–Kier alpha value is -1.84. The first-order valence-electron chi connectivity index (χ1n) is 10.5. The van der Waals surface area contributed by atoms with Crippen molar-refractivity contribution in [2.45, 2.75) is 85.0 Å². The molecule has 0 amide bonds. The molecule has 0 saturated carbocycles. The van der Waals surface area contributed by atoms with Gasteiger partial charge in [-0.3, -0.25) is 9.59 Å². The van der Waals surface area contributed by atoms with Crippen LogP contribution < -0.4 is 4.74 Å². The second-order valence-electron chi connectivity index (χ2n) is 7.19. The Morgan fingerprint density at radius 3 is 1.85 bits per heavy atom. The van der Waals surface area contributed by atoms with Gasteiger partial charge >= 0.3 is 11.9 Å². The van der Waals surface area contributed by atoms with Crippen molar-refractivity contribution in [1.29, 1.82) is 0 Å². The van der Waals surface area contributed by atoms with Crippen molar-refractivity contribution in [3.63, 3.8) is 0 Å². The lowest BCUT2D eigenvalue weighted by atomic mass is 9.77. The van der Waals surface area contributed by atoms with E-state index >= 15 is 0 Å². The van der Waals surface area contributed by atoms with E-state index in [0.29, 0.717) is 25.2 Å². The molecule has 1 aromatic carbocycles. The fraction of sp³-hybridized carbons (Fsp3) is 0.652. The Morgan fingerprint density at radius 2 is 1.33 bits per heavy atom. The lowest BCUT2D eigenvalue weighted by molar-refractivity contribution is -0.169. The summed E-state index contributed by atoms with van der Waals surface area (Å²) in [7, 11) is 0. The van der Waals surface area contributed by atoms with E-state index in [4.69, 9.17) is 9.47 Å². The van der Waals surface area contributed by atoms with Crippen LogP contribution in [0.2, 0.25) is 0 Å². The number of para-hydroxylation sites is 1. The summed E-state index contributed by atoms with van der Waals surface area (Å²) < 4.78 is 11.2. The molecule has 27 heavy (non-hydrogen) atoms. The predicted molar refractivity (Wildman–Crippen MR) is 109 cm³/mol. The van der Waals surface area contributed by atoms with Gasteiger partial charge in [0.1, 0.15) is 5.75 Å². The lowest BCUT2D eigenvalue weighted by Gasteiger charge is -2.29. The Bertz CT molecular complexity index is 529. The molecule has 4 heteroatoms. The molecule has 0 aliphatic heterocycles. The van der Waals surface area contributed by atoms with Gasteiger partial charge in [-0.25, -0.2) is 0 Å². The first-order chi connectivity index (χ1) is 13.1. The van der Waals surface area contributed by atoms with Gasteiger partial charge in [-0.1, -0.05) is 83.9 Å². The maximum Gasteiger partial charge on any atom is 0.328 e. The van der Waals surface area contributed by atoms with Crippen LogP contribution in [0.15, 0.2) is 30.3 Å². The smallest absolute Gasteiger partial charge is 0.328 e. The van der Waals surface area contributed by atoms with Crippen molar-refractivity contribution in [2.75, 3.05) is 6.61 Å². The van der Waals surface area contributed by atoms with Crippen LogP contribution in [0.4, 0.5) is 0 Å². The van der Waals surface area contributed by atoms with Crippen molar-refractivity contribution >= 4 is 11.9 Å². The number of carbonyl (C=O) groups excluding carboxylic acids is 2. The first-order valence-corrected chi connectivity index (χ1v) is 10.5. The molecule has 0 unspecified atom stereocenters. The van der Waals surface area contributed by atoms with Gasteiger partial charge in [-0.05, 0) is 31.4 Å². The molecule has 0 aliphatic rings. The van der Waals surface area contributed by atoms with E-state index in [1.54, 1.807) is 12.1 Å². The minimum absolute atomic E-state index is 0.358. The Morgan fingerprint density at radius 1 is 0.778 bits per heavy atom. The molecule has 0 spiro atoms. The minimum Gasteiger partial charge on any atom is -0.465 e. The molecule has 4 nitrogen and oxygen atoms in total. The summed E-state index contributed by atoms with van der Waals surface area (Å²) in [6, 6.07) is 8.98. The fourth-order valence-corrected chi connectivity index (χ4v) is 3.11. The fourth-order valence-electron chi connectivity index (χ4n) is 3.11. The molecule has 0 N–H and O–H groups in total. The van der Waals surface area contributed by atoms with E-state index in [2.05, 4.69) is 13.8 Å². The van der Waals surface area contributed by atoms with Gasteiger partial charge in [-0.2, -0.15) is 0 Å². The van der Waals surface area contributed by atoms with Crippen LogP contribution in [0.25, 0.3) is 0 Å². The predicted octanol–water partition coefficient (Wildman–Crippen LogP) is 6.08. The molecule has 1 rings (SSSR count).